The molecule has 1 aromatic carbocycles. The van der Waals surface area contributed by atoms with Crippen LogP contribution in [-0.2, 0) is 14.4 Å². The van der Waals surface area contributed by atoms with Crippen LogP contribution in [0.3, 0.4) is 0 Å². The molecule has 0 unspecified atom stereocenters. The zero-order chi connectivity index (χ0) is 24.0. The number of likely N-dealkylation sites (tertiary alicyclic amines) is 1. The number of nitrogens with zero attached hydrogens (tertiary/aromatic N) is 2. The standard InChI is InChI=1S/C25H38N4O4/c1-25(2,17-28(3)4)16-26-23(31)19-10-12-29(13-11-19)22(30)15-33-21-7-5-6-20(14-21)27-24(32)18-8-9-18/h5-7,14,18-19H,8-13,15-17H2,1-4H3,(H,26,31)(H,27,32). The number of benzene rings is 1. The number of ether oxygens (including phenoxy) is 1. The smallest absolute Gasteiger partial charge is 0.260 e. The van der Waals surface area contributed by atoms with Crippen LogP contribution in [0.15, 0.2) is 24.3 Å². The third-order valence-electron chi connectivity index (χ3n) is 6.12. The quantitative estimate of drug-likeness (QED) is 0.562. The Morgan fingerprint density at radius 2 is 1.73 bits per heavy atom. The molecule has 8 nitrogen and oxygen atoms in total. The first-order valence-electron chi connectivity index (χ1n) is 11.9. The Morgan fingerprint density at radius 3 is 2.36 bits per heavy atom. The van der Waals surface area contributed by atoms with Crippen LogP contribution in [0.2, 0.25) is 0 Å². The Hall–Kier alpha value is -2.61. The van der Waals surface area contributed by atoms with Crippen LogP contribution in [0.4, 0.5) is 5.69 Å². The van der Waals surface area contributed by atoms with E-state index in [-0.39, 0.29) is 41.6 Å². The Balaban J connectivity index is 1.39. The molecule has 2 N–H and O–H groups in total. The van der Waals surface area contributed by atoms with Crippen LogP contribution in [-0.4, -0.2) is 74.4 Å². The highest BCUT2D eigenvalue weighted by atomic mass is 16.5. The zero-order valence-electron chi connectivity index (χ0n) is 20.4. The molecule has 0 radical (unpaired) electrons. The molecule has 0 spiro atoms. The van der Waals surface area contributed by atoms with Crippen molar-refractivity contribution in [3.63, 3.8) is 0 Å². The lowest BCUT2D eigenvalue weighted by Crippen LogP contribution is -2.46. The minimum Gasteiger partial charge on any atom is -0.484 e. The fourth-order valence-corrected chi connectivity index (χ4v) is 4.26. The molecule has 1 saturated heterocycles. The molecule has 2 aliphatic rings. The molecule has 2 fully saturated rings. The van der Waals surface area contributed by atoms with Crippen LogP contribution in [0.5, 0.6) is 5.75 Å². The van der Waals surface area contributed by atoms with E-state index in [9.17, 15) is 14.4 Å². The number of carbonyl (C=O) groups excluding carboxylic acids is 3. The third kappa shape index (κ3) is 8.03. The van der Waals surface area contributed by atoms with Gasteiger partial charge in [0.2, 0.25) is 11.8 Å². The largest absolute Gasteiger partial charge is 0.484 e. The summed E-state index contributed by atoms with van der Waals surface area (Å²) in [6.45, 7) is 6.87. The first-order chi connectivity index (χ1) is 15.6. The van der Waals surface area contributed by atoms with Gasteiger partial charge in [-0.25, -0.2) is 0 Å². The lowest BCUT2D eigenvalue weighted by atomic mass is 9.91. The molecule has 8 heteroatoms. The molecule has 0 aromatic heterocycles. The summed E-state index contributed by atoms with van der Waals surface area (Å²) < 4.78 is 5.68. The topological polar surface area (TPSA) is 91.0 Å². The summed E-state index contributed by atoms with van der Waals surface area (Å²) >= 11 is 0. The number of amides is 3. The lowest BCUT2D eigenvalue weighted by molar-refractivity contribution is -0.137. The van der Waals surface area contributed by atoms with E-state index in [1.807, 2.05) is 20.2 Å². The van der Waals surface area contributed by atoms with E-state index in [1.54, 1.807) is 23.1 Å². The van der Waals surface area contributed by atoms with Gasteiger partial charge in [0, 0.05) is 49.8 Å². The number of rotatable bonds is 10. The predicted octanol–water partition coefficient (Wildman–Crippen LogP) is 2.36. The first-order valence-corrected chi connectivity index (χ1v) is 11.9. The number of piperidine rings is 1. The molecule has 1 aliphatic carbocycles. The molecule has 1 saturated carbocycles. The van der Waals surface area contributed by atoms with Crippen molar-refractivity contribution in [3.05, 3.63) is 24.3 Å². The lowest BCUT2D eigenvalue weighted by Gasteiger charge is -2.33. The van der Waals surface area contributed by atoms with Crippen molar-refractivity contribution in [3.8, 4) is 5.75 Å². The molecule has 3 amide bonds. The molecule has 182 valence electrons. The summed E-state index contributed by atoms with van der Waals surface area (Å²) in [5, 5.41) is 5.98. The van der Waals surface area contributed by atoms with Gasteiger partial charge in [-0.05, 0) is 57.3 Å². The van der Waals surface area contributed by atoms with Crippen LogP contribution in [0, 0.1) is 17.3 Å². The van der Waals surface area contributed by atoms with Gasteiger partial charge in [-0.2, -0.15) is 0 Å². The van der Waals surface area contributed by atoms with Crippen molar-refractivity contribution < 1.29 is 19.1 Å². The fourth-order valence-electron chi connectivity index (χ4n) is 4.26. The van der Waals surface area contributed by atoms with E-state index in [0.717, 1.165) is 19.4 Å². The Morgan fingerprint density at radius 1 is 1.06 bits per heavy atom. The summed E-state index contributed by atoms with van der Waals surface area (Å²) in [6, 6.07) is 7.12. The van der Waals surface area contributed by atoms with Crippen molar-refractivity contribution >= 4 is 23.4 Å². The van der Waals surface area contributed by atoms with Crippen LogP contribution < -0.4 is 15.4 Å². The van der Waals surface area contributed by atoms with Gasteiger partial charge in [-0.15, -0.1) is 0 Å². The maximum absolute atomic E-state index is 12.6. The number of hydrogen-bond acceptors (Lipinski definition) is 5. The average molecular weight is 459 g/mol. The van der Waals surface area contributed by atoms with E-state index in [1.165, 1.54) is 0 Å². The molecule has 1 heterocycles. The van der Waals surface area contributed by atoms with E-state index in [2.05, 4.69) is 29.4 Å². The Kier molecular flexibility index (Phi) is 8.35. The van der Waals surface area contributed by atoms with Gasteiger partial charge in [0.25, 0.3) is 5.91 Å². The highest BCUT2D eigenvalue weighted by molar-refractivity contribution is 5.94. The van der Waals surface area contributed by atoms with E-state index in [0.29, 0.717) is 43.9 Å². The van der Waals surface area contributed by atoms with E-state index >= 15 is 0 Å². The van der Waals surface area contributed by atoms with Crippen molar-refractivity contribution in [2.75, 3.05) is 52.2 Å². The minimum absolute atomic E-state index is 0.00514. The second kappa shape index (κ2) is 11.0. The SMILES string of the molecule is CN(C)CC(C)(C)CNC(=O)C1CCN(C(=O)COc2cccc(NC(=O)C3CC3)c2)CC1. The van der Waals surface area contributed by atoms with Crippen LogP contribution in [0.1, 0.15) is 39.5 Å². The first kappa shape index (κ1) is 25.0. The zero-order valence-corrected chi connectivity index (χ0v) is 20.4. The summed E-state index contributed by atoms with van der Waals surface area (Å²) in [6.07, 6.45) is 3.22. The number of anilines is 1. The van der Waals surface area contributed by atoms with Crippen molar-refractivity contribution in [1.29, 1.82) is 0 Å². The van der Waals surface area contributed by atoms with Crippen molar-refractivity contribution in [2.24, 2.45) is 17.3 Å². The summed E-state index contributed by atoms with van der Waals surface area (Å²) in [5.74, 6) is 0.647. The molecule has 3 rings (SSSR count). The van der Waals surface area contributed by atoms with Gasteiger partial charge in [0.1, 0.15) is 5.75 Å². The fraction of sp³-hybridized carbons (Fsp3) is 0.640. The average Bonchev–Trinajstić information content (AvgIpc) is 3.61. The Labute approximate surface area is 197 Å². The van der Waals surface area contributed by atoms with Crippen molar-refractivity contribution in [1.82, 2.24) is 15.1 Å². The normalized spacial score (nSPS) is 17.1. The molecular weight excluding hydrogens is 420 g/mol. The van der Waals surface area contributed by atoms with Crippen LogP contribution >= 0.6 is 0 Å². The monoisotopic (exact) mass is 458 g/mol. The van der Waals surface area contributed by atoms with Crippen molar-refractivity contribution in [2.45, 2.75) is 39.5 Å². The van der Waals surface area contributed by atoms with Gasteiger partial charge in [-0.3, -0.25) is 14.4 Å². The maximum Gasteiger partial charge on any atom is 0.260 e. The maximum atomic E-state index is 12.6. The predicted molar refractivity (Wildman–Crippen MR) is 128 cm³/mol. The highest BCUT2D eigenvalue weighted by Gasteiger charge is 2.30. The summed E-state index contributed by atoms with van der Waals surface area (Å²) in [4.78, 5) is 41.0. The highest BCUT2D eigenvalue weighted by Crippen LogP contribution is 2.30. The third-order valence-corrected chi connectivity index (χ3v) is 6.12. The second-order valence-corrected chi connectivity index (χ2v) is 10.4. The Bertz CT molecular complexity index is 843. The molecule has 0 bridgehead atoms. The minimum atomic E-state index is -0.0895. The van der Waals surface area contributed by atoms with Gasteiger partial charge in [-0.1, -0.05) is 19.9 Å². The van der Waals surface area contributed by atoms with E-state index in [4.69, 9.17) is 4.74 Å². The van der Waals surface area contributed by atoms with Gasteiger partial charge in [0.15, 0.2) is 6.61 Å². The molecule has 1 aromatic rings. The molecule has 1 aliphatic heterocycles. The van der Waals surface area contributed by atoms with Gasteiger partial charge >= 0.3 is 0 Å². The van der Waals surface area contributed by atoms with E-state index < -0.39 is 0 Å². The summed E-state index contributed by atoms with van der Waals surface area (Å²) in [7, 11) is 4.06. The molecular formula is C25H38N4O4. The number of hydrogen-bond donors (Lipinski definition) is 2. The van der Waals surface area contributed by atoms with Crippen LogP contribution in [0.25, 0.3) is 0 Å². The summed E-state index contributed by atoms with van der Waals surface area (Å²) in [5.41, 5.74) is 0.683. The molecule has 0 atom stereocenters. The van der Waals surface area contributed by atoms with Gasteiger partial charge < -0.3 is 25.2 Å². The molecule has 33 heavy (non-hydrogen) atoms. The second-order valence-electron chi connectivity index (χ2n) is 10.4. The van der Waals surface area contributed by atoms with Gasteiger partial charge in [0.05, 0.1) is 0 Å². The number of nitrogens with one attached hydrogen (secondary N) is 2. The number of carbonyl (C=O) groups is 3.